The minimum atomic E-state index is -0.435. The molecule has 0 amide bonds. The van der Waals surface area contributed by atoms with E-state index in [9.17, 15) is 9.90 Å². The van der Waals surface area contributed by atoms with E-state index in [1.165, 1.54) is 0 Å². The summed E-state index contributed by atoms with van der Waals surface area (Å²) in [5.41, 5.74) is 0. The predicted octanol–water partition coefficient (Wildman–Crippen LogP) is -0.0750. The van der Waals surface area contributed by atoms with Crippen LogP contribution in [-0.2, 0) is 14.3 Å². The van der Waals surface area contributed by atoms with Crippen LogP contribution in [0.1, 0.15) is 20.3 Å². The lowest BCUT2D eigenvalue weighted by atomic mass is 10.2. The summed E-state index contributed by atoms with van der Waals surface area (Å²) in [6.07, 6.45) is 0.000770. The molecule has 0 unspecified atom stereocenters. The average molecular weight is 231 g/mol. The van der Waals surface area contributed by atoms with Gasteiger partial charge >= 0.3 is 5.97 Å². The smallest absolute Gasteiger partial charge is 0.323 e. The molecule has 5 nitrogen and oxygen atoms in total. The minimum absolute atomic E-state index is 0.278. The van der Waals surface area contributed by atoms with Crippen molar-refractivity contribution in [2.45, 2.75) is 32.4 Å². The molecule has 1 aliphatic heterocycles. The zero-order valence-corrected chi connectivity index (χ0v) is 9.94. The Hall–Kier alpha value is -0.650. The van der Waals surface area contributed by atoms with E-state index in [1.54, 1.807) is 0 Å². The molecule has 0 spiro atoms. The van der Waals surface area contributed by atoms with Crippen molar-refractivity contribution >= 4 is 5.97 Å². The number of nitrogens with one attached hydrogen (secondary N) is 1. The lowest BCUT2D eigenvalue weighted by Crippen LogP contribution is -2.33. The van der Waals surface area contributed by atoms with Gasteiger partial charge in [0, 0.05) is 19.6 Å². The second kappa shape index (κ2) is 6.83. The van der Waals surface area contributed by atoms with E-state index in [2.05, 4.69) is 19.2 Å². The van der Waals surface area contributed by atoms with Crippen molar-refractivity contribution in [3.8, 4) is 0 Å². The van der Waals surface area contributed by atoms with E-state index in [0.29, 0.717) is 32.1 Å². The standard InChI is InChI=1S/C11H21NO4/c1-8(2)7-15-3-4-16-11(14)10-5-9(13)6-12-10/h8-10,12-13H,3-7H2,1-2H3/t9-,10-/m0/s1. The number of ether oxygens (including phenoxy) is 2. The summed E-state index contributed by atoms with van der Waals surface area (Å²) in [5.74, 6) is 0.187. The van der Waals surface area contributed by atoms with Crippen LogP contribution in [0.25, 0.3) is 0 Å². The van der Waals surface area contributed by atoms with Gasteiger partial charge < -0.3 is 19.9 Å². The highest BCUT2D eigenvalue weighted by molar-refractivity contribution is 5.76. The SMILES string of the molecule is CC(C)COCCOC(=O)[C@@H]1C[C@H](O)CN1. The van der Waals surface area contributed by atoms with Gasteiger partial charge in [0.05, 0.1) is 12.7 Å². The number of carbonyl (C=O) groups is 1. The number of esters is 1. The predicted molar refractivity (Wildman–Crippen MR) is 59.0 cm³/mol. The van der Waals surface area contributed by atoms with Gasteiger partial charge in [0.1, 0.15) is 12.6 Å². The second-order valence-electron chi connectivity index (χ2n) is 4.49. The molecule has 94 valence electrons. The zero-order valence-electron chi connectivity index (χ0n) is 9.94. The summed E-state index contributed by atoms with van der Waals surface area (Å²) in [7, 11) is 0. The summed E-state index contributed by atoms with van der Waals surface area (Å²) in [4.78, 5) is 11.4. The molecule has 1 rings (SSSR count). The highest BCUT2D eigenvalue weighted by Crippen LogP contribution is 2.07. The fourth-order valence-electron chi connectivity index (χ4n) is 1.52. The van der Waals surface area contributed by atoms with Gasteiger partial charge in [-0.25, -0.2) is 0 Å². The van der Waals surface area contributed by atoms with Gasteiger partial charge in [-0.15, -0.1) is 0 Å². The third-order valence-corrected chi connectivity index (χ3v) is 2.32. The summed E-state index contributed by atoms with van der Waals surface area (Å²) in [6, 6.07) is -0.361. The number of aliphatic hydroxyl groups excluding tert-OH is 1. The number of hydrogen-bond acceptors (Lipinski definition) is 5. The Kier molecular flexibility index (Phi) is 5.73. The van der Waals surface area contributed by atoms with E-state index in [4.69, 9.17) is 9.47 Å². The average Bonchev–Trinajstić information content (AvgIpc) is 2.63. The molecule has 0 bridgehead atoms. The van der Waals surface area contributed by atoms with Crippen molar-refractivity contribution < 1.29 is 19.4 Å². The quantitative estimate of drug-likeness (QED) is 0.494. The molecule has 0 aliphatic carbocycles. The lowest BCUT2D eigenvalue weighted by Gasteiger charge is -2.11. The van der Waals surface area contributed by atoms with Gasteiger partial charge in [0.15, 0.2) is 0 Å². The van der Waals surface area contributed by atoms with Crippen LogP contribution in [0.4, 0.5) is 0 Å². The van der Waals surface area contributed by atoms with Gasteiger partial charge in [-0.05, 0) is 5.92 Å². The van der Waals surface area contributed by atoms with Crippen LogP contribution in [0.15, 0.2) is 0 Å². The fourth-order valence-corrected chi connectivity index (χ4v) is 1.52. The van der Waals surface area contributed by atoms with Gasteiger partial charge in [-0.1, -0.05) is 13.8 Å². The normalized spacial score (nSPS) is 25.0. The van der Waals surface area contributed by atoms with Crippen LogP contribution in [0.5, 0.6) is 0 Å². The van der Waals surface area contributed by atoms with E-state index in [0.717, 1.165) is 0 Å². The van der Waals surface area contributed by atoms with E-state index < -0.39 is 6.10 Å². The van der Waals surface area contributed by atoms with Crippen LogP contribution in [0.3, 0.4) is 0 Å². The molecule has 0 radical (unpaired) electrons. The van der Waals surface area contributed by atoms with Crippen molar-refractivity contribution in [3.63, 3.8) is 0 Å². The topological polar surface area (TPSA) is 67.8 Å². The van der Waals surface area contributed by atoms with Crippen molar-refractivity contribution in [1.82, 2.24) is 5.32 Å². The zero-order chi connectivity index (χ0) is 12.0. The first-order valence-corrected chi connectivity index (χ1v) is 5.75. The minimum Gasteiger partial charge on any atom is -0.462 e. The molecular formula is C11H21NO4. The van der Waals surface area contributed by atoms with E-state index in [-0.39, 0.29) is 18.6 Å². The van der Waals surface area contributed by atoms with Crippen molar-refractivity contribution in [1.29, 1.82) is 0 Å². The molecule has 0 aromatic heterocycles. The molecule has 0 saturated carbocycles. The lowest BCUT2D eigenvalue weighted by molar-refractivity contribution is -0.147. The van der Waals surface area contributed by atoms with Crippen LogP contribution in [-0.4, -0.2) is 49.6 Å². The van der Waals surface area contributed by atoms with Crippen molar-refractivity contribution in [3.05, 3.63) is 0 Å². The number of carbonyl (C=O) groups excluding carboxylic acids is 1. The highest BCUT2D eigenvalue weighted by Gasteiger charge is 2.28. The molecule has 0 aromatic rings. The molecule has 1 saturated heterocycles. The molecule has 1 aliphatic rings. The van der Waals surface area contributed by atoms with Crippen LogP contribution in [0, 0.1) is 5.92 Å². The Morgan fingerprint density at radius 2 is 2.25 bits per heavy atom. The Labute approximate surface area is 96.1 Å². The molecule has 1 heterocycles. The summed E-state index contributed by atoms with van der Waals surface area (Å²) in [6.45, 7) is 5.98. The second-order valence-corrected chi connectivity index (χ2v) is 4.49. The number of rotatable bonds is 6. The maximum atomic E-state index is 11.4. The first-order valence-electron chi connectivity index (χ1n) is 5.75. The van der Waals surface area contributed by atoms with Crippen molar-refractivity contribution in [2.24, 2.45) is 5.92 Å². The van der Waals surface area contributed by atoms with Crippen molar-refractivity contribution in [2.75, 3.05) is 26.4 Å². The summed E-state index contributed by atoms with van der Waals surface area (Å²) >= 11 is 0. The maximum Gasteiger partial charge on any atom is 0.323 e. The molecular weight excluding hydrogens is 210 g/mol. The molecule has 1 fully saturated rings. The number of hydrogen-bond donors (Lipinski definition) is 2. The third kappa shape index (κ3) is 4.92. The number of β-amino-alcohol motifs (C(OH)–C–C–N with tert-alkyl or cyclic N) is 1. The largest absolute Gasteiger partial charge is 0.462 e. The molecule has 2 N–H and O–H groups in total. The van der Waals surface area contributed by atoms with Gasteiger partial charge in [0.2, 0.25) is 0 Å². The Morgan fingerprint density at radius 3 is 2.81 bits per heavy atom. The monoisotopic (exact) mass is 231 g/mol. The van der Waals surface area contributed by atoms with Gasteiger partial charge in [0.25, 0.3) is 0 Å². The van der Waals surface area contributed by atoms with E-state index in [1.807, 2.05) is 0 Å². The highest BCUT2D eigenvalue weighted by atomic mass is 16.6. The van der Waals surface area contributed by atoms with Gasteiger partial charge in [-0.3, -0.25) is 4.79 Å². The van der Waals surface area contributed by atoms with Gasteiger partial charge in [-0.2, -0.15) is 0 Å². The van der Waals surface area contributed by atoms with E-state index >= 15 is 0 Å². The molecule has 2 atom stereocenters. The Bertz CT molecular complexity index is 220. The Morgan fingerprint density at radius 1 is 1.50 bits per heavy atom. The third-order valence-electron chi connectivity index (χ3n) is 2.32. The first-order chi connectivity index (χ1) is 7.59. The summed E-state index contributed by atoms with van der Waals surface area (Å²) in [5, 5.41) is 12.1. The summed E-state index contributed by atoms with van der Waals surface area (Å²) < 4.78 is 10.3. The van der Waals surface area contributed by atoms with Crippen LogP contribution < -0.4 is 5.32 Å². The molecule has 5 heteroatoms. The number of aliphatic hydroxyl groups is 1. The fraction of sp³-hybridized carbons (Fsp3) is 0.909. The first kappa shape index (κ1) is 13.4. The molecule has 16 heavy (non-hydrogen) atoms. The van der Waals surface area contributed by atoms with Crippen LogP contribution in [0.2, 0.25) is 0 Å². The molecule has 0 aromatic carbocycles. The Balaban J connectivity index is 2.02. The maximum absolute atomic E-state index is 11.4. The van der Waals surface area contributed by atoms with Crippen LogP contribution >= 0.6 is 0 Å².